The minimum atomic E-state index is 0.306. The molecule has 0 radical (unpaired) electrons. The summed E-state index contributed by atoms with van der Waals surface area (Å²) in [5, 5.41) is 4.24. The van der Waals surface area contributed by atoms with Gasteiger partial charge in [0.05, 0.1) is 5.71 Å². The predicted octanol–water partition coefficient (Wildman–Crippen LogP) is 2.40. The second kappa shape index (κ2) is 4.39. The van der Waals surface area contributed by atoms with Crippen molar-refractivity contribution in [2.45, 2.75) is 24.7 Å². The summed E-state index contributed by atoms with van der Waals surface area (Å²) in [6.07, 6.45) is 3.49. The minimum absolute atomic E-state index is 0.306. The molecule has 1 aromatic rings. The maximum atomic E-state index is 5.02. The van der Waals surface area contributed by atoms with Gasteiger partial charge in [-0.3, -0.25) is 0 Å². The van der Waals surface area contributed by atoms with E-state index in [1.165, 1.54) is 37.1 Å². The van der Waals surface area contributed by atoms with Crippen LogP contribution in [0.4, 0.5) is 0 Å². The van der Waals surface area contributed by atoms with Gasteiger partial charge >= 0.3 is 0 Å². The number of rotatable bonds is 1. The largest absolute Gasteiger partial charge is 0.399 e. The fourth-order valence-corrected chi connectivity index (χ4v) is 3.39. The molecule has 3 nitrogen and oxygen atoms in total. The normalized spacial score (nSPS) is 24.4. The third-order valence-electron chi connectivity index (χ3n) is 4.46. The van der Waals surface area contributed by atoms with E-state index in [0.717, 1.165) is 12.1 Å². The van der Waals surface area contributed by atoms with E-state index in [4.69, 9.17) is 4.84 Å². The molecule has 2 aliphatic rings. The highest BCUT2D eigenvalue weighted by molar-refractivity contribution is 6.05. The highest BCUT2D eigenvalue weighted by Gasteiger charge is 2.43. The van der Waals surface area contributed by atoms with Crippen LogP contribution in [-0.2, 0) is 10.3 Å². The molecule has 0 saturated carbocycles. The molecule has 0 unspecified atom stereocenters. The molecule has 1 spiro atoms. The van der Waals surface area contributed by atoms with E-state index in [1.54, 1.807) is 7.11 Å². The molecule has 1 aliphatic carbocycles. The Bertz CT molecular complexity index is 473. The average Bonchev–Trinajstić information content (AvgIpc) is 2.70. The molecular formula is C15H20N2O. The zero-order chi connectivity index (χ0) is 12.6. The summed E-state index contributed by atoms with van der Waals surface area (Å²) in [5.41, 5.74) is 4.20. The first-order valence-corrected chi connectivity index (χ1v) is 6.64. The van der Waals surface area contributed by atoms with Gasteiger partial charge in [-0.2, -0.15) is 0 Å². The van der Waals surface area contributed by atoms with Crippen molar-refractivity contribution in [3.63, 3.8) is 0 Å². The van der Waals surface area contributed by atoms with Gasteiger partial charge in [0.15, 0.2) is 0 Å². The number of hydrogen-bond acceptors (Lipinski definition) is 3. The molecule has 96 valence electrons. The second-order valence-electron chi connectivity index (χ2n) is 5.53. The van der Waals surface area contributed by atoms with Gasteiger partial charge in [0, 0.05) is 17.4 Å². The van der Waals surface area contributed by atoms with Crippen LogP contribution in [0, 0.1) is 0 Å². The van der Waals surface area contributed by atoms with Crippen LogP contribution in [0.15, 0.2) is 29.4 Å². The average molecular weight is 244 g/mol. The van der Waals surface area contributed by atoms with Crippen molar-refractivity contribution in [1.29, 1.82) is 0 Å². The molecule has 1 heterocycles. The molecule has 1 fully saturated rings. The monoisotopic (exact) mass is 244 g/mol. The first-order chi connectivity index (χ1) is 8.75. The first-order valence-electron chi connectivity index (χ1n) is 6.64. The van der Waals surface area contributed by atoms with Crippen molar-refractivity contribution >= 4 is 5.71 Å². The summed E-state index contributed by atoms with van der Waals surface area (Å²) in [4.78, 5) is 7.43. The lowest BCUT2D eigenvalue weighted by Crippen LogP contribution is -2.39. The van der Waals surface area contributed by atoms with E-state index >= 15 is 0 Å². The molecule has 0 atom stereocenters. The van der Waals surface area contributed by atoms with Gasteiger partial charge < -0.3 is 9.74 Å². The molecule has 18 heavy (non-hydrogen) atoms. The Kier molecular flexibility index (Phi) is 2.86. The Morgan fingerprint density at radius 1 is 1.22 bits per heavy atom. The minimum Gasteiger partial charge on any atom is -0.399 e. The van der Waals surface area contributed by atoms with Crippen molar-refractivity contribution < 1.29 is 4.84 Å². The topological polar surface area (TPSA) is 24.8 Å². The molecule has 0 N–H and O–H groups in total. The van der Waals surface area contributed by atoms with Gasteiger partial charge in [-0.25, -0.2) is 0 Å². The number of oxime groups is 1. The first kappa shape index (κ1) is 11.7. The summed E-state index contributed by atoms with van der Waals surface area (Å²) in [7, 11) is 3.84. The van der Waals surface area contributed by atoms with Gasteiger partial charge in [-0.05, 0) is 38.5 Å². The van der Waals surface area contributed by atoms with Crippen LogP contribution in [0.3, 0.4) is 0 Å². The molecule has 0 bridgehead atoms. The molecule has 0 aromatic heterocycles. The molecule has 1 aliphatic heterocycles. The summed E-state index contributed by atoms with van der Waals surface area (Å²) in [6, 6.07) is 8.70. The molecule has 1 aromatic carbocycles. The molecule has 0 amide bonds. The summed E-state index contributed by atoms with van der Waals surface area (Å²) in [6.45, 7) is 2.35. The Balaban J connectivity index is 2.02. The second-order valence-corrected chi connectivity index (χ2v) is 5.53. The Hall–Kier alpha value is -1.35. The van der Waals surface area contributed by atoms with Gasteiger partial charge in [0.25, 0.3) is 0 Å². The number of hydrogen-bond donors (Lipinski definition) is 0. The van der Waals surface area contributed by atoms with E-state index in [9.17, 15) is 0 Å². The van der Waals surface area contributed by atoms with E-state index in [0.29, 0.717) is 5.41 Å². The summed E-state index contributed by atoms with van der Waals surface area (Å²) in [5.74, 6) is 0. The van der Waals surface area contributed by atoms with E-state index in [2.05, 4.69) is 41.4 Å². The number of piperidine rings is 1. The van der Waals surface area contributed by atoms with Crippen LogP contribution in [0.2, 0.25) is 0 Å². The standard InChI is InChI=1S/C15H20N2O/c1-17-9-7-15(8-10-17)11-14(16-18-2)12-5-3-4-6-13(12)15/h3-6H,7-11H2,1-2H3. The lowest BCUT2D eigenvalue weighted by molar-refractivity contribution is 0.191. The summed E-state index contributed by atoms with van der Waals surface area (Å²) < 4.78 is 0. The Morgan fingerprint density at radius 2 is 1.94 bits per heavy atom. The van der Waals surface area contributed by atoms with Crippen LogP contribution in [-0.4, -0.2) is 37.9 Å². The quantitative estimate of drug-likeness (QED) is 0.709. The van der Waals surface area contributed by atoms with E-state index in [1.807, 2.05) is 0 Å². The number of nitrogens with zero attached hydrogens (tertiary/aromatic N) is 2. The van der Waals surface area contributed by atoms with Crippen molar-refractivity contribution in [1.82, 2.24) is 4.90 Å². The molecule has 3 heteroatoms. The fourth-order valence-electron chi connectivity index (χ4n) is 3.39. The maximum Gasteiger partial charge on any atom is 0.106 e. The third kappa shape index (κ3) is 1.74. The molecule has 3 rings (SSSR count). The Labute approximate surface area is 108 Å². The van der Waals surface area contributed by atoms with Crippen molar-refractivity contribution in [3.05, 3.63) is 35.4 Å². The van der Waals surface area contributed by atoms with Crippen LogP contribution < -0.4 is 0 Å². The zero-order valence-corrected chi connectivity index (χ0v) is 11.1. The number of benzene rings is 1. The lowest BCUT2D eigenvalue weighted by atomic mass is 9.74. The SMILES string of the molecule is CON=C1CC2(CCN(C)CC2)c2ccccc21. The van der Waals surface area contributed by atoms with Gasteiger partial charge in [-0.1, -0.05) is 29.4 Å². The van der Waals surface area contributed by atoms with Gasteiger partial charge in [-0.15, -0.1) is 0 Å². The molecular weight excluding hydrogens is 224 g/mol. The van der Waals surface area contributed by atoms with Crippen LogP contribution in [0.1, 0.15) is 30.4 Å². The number of fused-ring (bicyclic) bond motifs is 2. The molecule has 1 saturated heterocycles. The Morgan fingerprint density at radius 3 is 2.67 bits per heavy atom. The highest BCUT2D eigenvalue weighted by atomic mass is 16.6. The van der Waals surface area contributed by atoms with E-state index < -0.39 is 0 Å². The predicted molar refractivity (Wildman–Crippen MR) is 73.0 cm³/mol. The fraction of sp³-hybridized carbons (Fsp3) is 0.533. The van der Waals surface area contributed by atoms with Crippen molar-refractivity contribution in [3.8, 4) is 0 Å². The summed E-state index contributed by atoms with van der Waals surface area (Å²) >= 11 is 0. The van der Waals surface area contributed by atoms with Gasteiger partial charge in [0.2, 0.25) is 0 Å². The smallest absolute Gasteiger partial charge is 0.106 e. The zero-order valence-electron chi connectivity index (χ0n) is 11.1. The van der Waals surface area contributed by atoms with Crippen LogP contribution in [0.5, 0.6) is 0 Å². The van der Waals surface area contributed by atoms with E-state index in [-0.39, 0.29) is 0 Å². The van der Waals surface area contributed by atoms with Crippen LogP contribution >= 0.6 is 0 Å². The lowest BCUT2D eigenvalue weighted by Gasteiger charge is -2.38. The van der Waals surface area contributed by atoms with Crippen molar-refractivity contribution in [2.24, 2.45) is 5.16 Å². The van der Waals surface area contributed by atoms with Crippen LogP contribution in [0.25, 0.3) is 0 Å². The van der Waals surface area contributed by atoms with Gasteiger partial charge in [0.1, 0.15) is 7.11 Å². The highest BCUT2D eigenvalue weighted by Crippen LogP contribution is 2.46. The maximum absolute atomic E-state index is 5.02. The van der Waals surface area contributed by atoms with Crippen molar-refractivity contribution in [2.75, 3.05) is 27.2 Å². The third-order valence-corrected chi connectivity index (χ3v) is 4.46. The number of likely N-dealkylation sites (tertiary alicyclic amines) is 1.